The van der Waals surface area contributed by atoms with E-state index in [-0.39, 0.29) is 5.91 Å². The van der Waals surface area contributed by atoms with Gasteiger partial charge in [-0.15, -0.1) is 11.3 Å². The fourth-order valence-electron chi connectivity index (χ4n) is 1.96. The molecule has 1 fully saturated rings. The van der Waals surface area contributed by atoms with E-state index in [0.717, 1.165) is 2.88 Å². The monoisotopic (exact) mass is 429 g/mol. The number of carbonyl (C=O) groups excluding carboxylic acids is 1. The third-order valence-corrected chi connectivity index (χ3v) is 6.86. The summed E-state index contributed by atoms with van der Waals surface area (Å²) in [6.45, 7) is 1.54. The van der Waals surface area contributed by atoms with Crippen LogP contribution in [0.25, 0.3) is 0 Å². The predicted octanol–water partition coefficient (Wildman–Crippen LogP) is 0.917. The molecule has 9 heteroatoms. The molecule has 0 atom stereocenters. The minimum Gasteiger partial charge on any atom is -0.336 e. The van der Waals surface area contributed by atoms with Crippen molar-refractivity contribution in [2.45, 2.75) is 0 Å². The highest BCUT2D eigenvalue weighted by atomic mass is 127. The van der Waals surface area contributed by atoms with Gasteiger partial charge in [0.05, 0.1) is 8.45 Å². The molecule has 20 heavy (non-hydrogen) atoms. The first kappa shape index (κ1) is 16.1. The van der Waals surface area contributed by atoms with Crippen LogP contribution in [0.4, 0.5) is 0 Å². The zero-order chi connectivity index (χ0) is 14.9. The number of amides is 1. The van der Waals surface area contributed by atoms with Crippen molar-refractivity contribution in [1.29, 1.82) is 0 Å². The first-order chi connectivity index (χ1) is 9.32. The first-order valence-electron chi connectivity index (χ1n) is 6.03. The predicted molar refractivity (Wildman–Crippen MR) is 87.1 cm³/mol. The molecule has 0 radical (unpaired) electrons. The molecule has 0 bridgehead atoms. The topological polar surface area (TPSA) is 60.9 Å². The van der Waals surface area contributed by atoms with Crippen LogP contribution in [-0.2, 0) is 10.2 Å². The van der Waals surface area contributed by atoms with Crippen LogP contribution in [0.3, 0.4) is 0 Å². The van der Waals surface area contributed by atoms with E-state index in [9.17, 15) is 13.2 Å². The largest absolute Gasteiger partial charge is 0.336 e. The summed E-state index contributed by atoms with van der Waals surface area (Å²) in [5.74, 6) is -0.0222. The van der Waals surface area contributed by atoms with Crippen LogP contribution in [0.15, 0.2) is 11.4 Å². The van der Waals surface area contributed by atoms with Crippen molar-refractivity contribution in [3.8, 4) is 0 Å². The minimum absolute atomic E-state index is 0.0222. The molecule has 1 aliphatic rings. The zero-order valence-corrected chi connectivity index (χ0v) is 15.0. The molecular weight excluding hydrogens is 413 g/mol. The van der Waals surface area contributed by atoms with Gasteiger partial charge in [-0.3, -0.25) is 4.79 Å². The van der Waals surface area contributed by atoms with Gasteiger partial charge in [0.2, 0.25) is 0 Å². The van der Waals surface area contributed by atoms with Gasteiger partial charge in [0.25, 0.3) is 16.1 Å². The third-order valence-electron chi connectivity index (χ3n) is 3.13. The number of hydrogen-bond acceptors (Lipinski definition) is 4. The summed E-state index contributed by atoms with van der Waals surface area (Å²) in [6, 6.07) is 1.86. The van der Waals surface area contributed by atoms with Crippen molar-refractivity contribution in [3.05, 3.63) is 19.9 Å². The maximum atomic E-state index is 12.3. The molecule has 2 heterocycles. The first-order valence-corrected chi connectivity index (χ1v) is 9.39. The van der Waals surface area contributed by atoms with Crippen molar-refractivity contribution in [2.75, 3.05) is 40.3 Å². The Kier molecular flexibility index (Phi) is 5.05. The Morgan fingerprint density at radius 3 is 2.35 bits per heavy atom. The van der Waals surface area contributed by atoms with Gasteiger partial charge in [0, 0.05) is 45.7 Å². The second-order valence-corrected chi connectivity index (χ2v) is 9.57. The highest BCUT2D eigenvalue weighted by Gasteiger charge is 2.30. The van der Waals surface area contributed by atoms with Crippen LogP contribution >= 0.6 is 33.9 Å². The molecule has 112 valence electrons. The molecule has 0 unspecified atom stereocenters. The Bertz CT molecular complexity index is 592. The number of piperazine rings is 1. The van der Waals surface area contributed by atoms with E-state index in [1.807, 2.05) is 11.4 Å². The Hall–Kier alpha value is -0.230. The number of thiophene rings is 1. The van der Waals surface area contributed by atoms with Crippen molar-refractivity contribution >= 4 is 50.0 Å². The molecule has 0 aliphatic carbocycles. The molecule has 0 N–H and O–H groups in total. The molecule has 1 aromatic rings. The van der Waals surface area contributed by atoms with Gasteiger partial charge in [-0.2, -0.15) is 17.0 Å². The molecule has 0 aromatic carbocycles. The average Bonchev–Trinajstić information content (AvgIpc) is 2.84. The number of rotatable bonds is 3. The maximum Gasteiger partial charge on any atom is 0.281 e. The standard InChI is InChI=1S/C11H16IN3O3S2/c1-13(2)20(17,18)15-5-3-14(4-6-15)11(16)9-7-10(12)19-8-9/h7-8H,3-6H2,1-2H3. The van der Waals surface area contributed by atoms with Crippen LogP contribution in [0.1, 0.15) is 10.4 Å². The van der Waals surface area contributed by atoms with Crippen LogP contribution in [-0.4, -0.2) is 68.1 Å². The van der Waals surface area contributed by atoms with Crippen molar-refractivity contribution < 1.29 is 13.2 Å². The lowest BCUT2D eigenvalue weighted by Crippen LogP contribution is -2.53. The molecule has 1 saturated heterocycles. The molecule has 0 spiro atoms. The van der Waals surface area contributed by atoms with Crippen molar-refractivity contribution in [1.82, 2.24) is 13.5 Å². The lowest BCUT2D eigenvalue weighted by atomic mass is 10.2. The fraction of sp³-hybridized carbons (Fsp3) is 0.545. The van der Waals surface area contributed by atoms with Crippen LogP contribution in [0, 0.1) is 2.88 Å². The number of halogens is 1. The van der Waals surface area contributed by atoms with E-state index in [1.54, 1.807) is 4.90 Å². The highest BCUT2D eigenvalue weighted by molar-refractivity contribution is 14.1. The van der Waals surface area contributed by atoms with Crippen molar-refractivity contribution in [3.63, 3.8) is 0 Å². The van der Waals surface area contributed by atoms with E-state index >= 15 is 0 Å². The number of hydrogen-bond donors (Lipinski definition) is 0. The highest BCUT2D eigenvalue weighted by Crippen LogP contribution is 2.19. The van der Waals surface area contributed by atoms with E-state index in [1.165, 1.54) is 34.0 Å². The number of carbonyl (C=O) groups is 1. The average molecular weight is 429 g/mol. The van der Waals surface area contributed by atoms with E-state index in [4.69, 9.17) is 0 Å². The zero-order valence-electron chi connectivity index (χ0n) is 11.2. The quantitative estimate of drug-likeness (QED) is 0.672. The summed E-state index contributed by atoms with van der Waals surface area (Å²) in [5, 5.41) is 1.84. The summed E-state index contributed by atoms with van der Waals surface area (Å²) >= 11 is 3.71. The molecule has 0 saturated carbocycles. The summed E-state index contributed by atoms with van der Waals surface area (Å²) in [4.78, 5) is 14.0. The summed E-state index contributed by atoms with van der Waals surface area (Å²) in [5.41, 5.74) is 0.684. The lowest BCUT2D eigenvalue weighted by Gasteiger charge is -2.35. The van der Waals surface area contributed by atoms with E-state index in [2.05, 4.69) is 22.6 Å². The van der Waals surface area contributed by atoms with Gasteiger partial charge >= 0.3 is 0 Å². The van der Waals surface area contributed by atoms with Crippen LogP contribution < -0.4 is 0 Å². The molecule has 1 aliphatic heterocycles. The van der Waals surface area contributed by atoms with Crippen molar-refractivity contribution in [2.24, 2.45) is 0 Å². The third kappa shape index (κ3) is 3.32. The number of nitrogens with zero attached hydrogens (tertiary/aromatic N) is 3. The van der Waals surface area contributed by atoms with Gasteiger partial charge in [0.1, 0.15) is 0 Å². The molecule has 1 aromatic heterocycles. The second-order valence-electron chi connectivity index (χ2n) is 4.62. The SMILES string of the molecule is CN(C)S(=O)(=O)N1CCN(C(=O)c2csc(I)c2)CC1. The Morgan fingerprint density at radius 2 is 1.90 bits per heavy atom. The maximum absolute atomic E-state index is 12.3. The normalized spacial score (nSPS) is 17.7. The van der Waals surface area contributed by atoms with Gasteiger partial charge in [-0.05, 0) is 28.7 Å². The van der Waals surface area contributed by atoms with Gasteiger partial charge < -0.3 is 4.90 Å². The fourth-order valence-corrected chi connectivity index (χ4v) is 4.36. The van der Waals surface area contributed by atoms with Crippen LogP contribution in [0.2, 0.25) is 0 Å². The van der Waals surface area contributed by atoms with E-state index in [0.29, 0.717) is 31.7 Å². The van der Waals surface area contributed by atoms with Gasteiger partial charge in [-0.1, -0.05) is 0 Å². The second kappa shape index (κ2) is 6.26. The summed E-state index contributed by atoms with van der Waals surface area (Å²) in [7, 11) is -0.352. The minimum atomic E-state index is -3.38. The molecule has 1 amide bonds. The Balaban J connectivity index is 2.00. The Labute approximate surface area is 136 Å². The smallest absolute Gasteiger partial charge is 0.281 e. The Morgan fingerprint density at radius 1 is 1.30 bits per heavy atom. The van der Waals surface area contributed by atoms with E-state index < -0.39 is 10.2 Å². The van der Waals surface area contributed by atoms with Crippen LogP contribution in [0.5, 0.6) is 0 Å². The summed E-state index contributed by atoms with van der Waals surface area (Å²) < 4.78 is 27.6. The lowest BCUT2D eigenvalue weighted by molar-refractivity contribution is 0.0695. The summed E-state index contributed by atoms with van der Waals surface area (Å²) in [6.07, 6.45) is 0. The van der Waals surface area contributed by atoms with Gasteiger partial charge in [-0.25, -0.2) is 0 Å². The molecule has 2 rings (SSSR count). The van der Waals surface area contributed by atoms with Gasteiger partial charge in [0.15, 0.2) is 0 Å². The molecular formula is C11H16IN3O3S2. The molecule has 6 nitrogen and oxygen atoms in total.